The molecule has 0 spiro atoms. The van der Waals surface area contributed by atoms with Gasteiger partial charge in [0.1, 0.15) is 6.33 Å². The molecule has 4 aromatic rings. The van der Waals surface area contributed by atoms with Crippen molar-refractivity contribution in [3.05, 3.63) is 60.7 Å². The predicted molar refractivity (Wildman–Crippen MR) is 83.7 cm³/mol. The maximum atomic E-state index is 4.45. The minimum absolute atomic E-state index is 0.646. The first kappa shape index (κ1) is 12.4. The maximum absolute atomic E-state index is 4.45. The summed E-state index contributed by atoms with van der Waals surface area (Å²) in [7, 11) is 0. The molecule has 0 fully saturated rings. The van der Waals surface area contributed by atoms with E-state index in [1.54, 1.807) is 29.5 Å². The van der Waals surface area contributed by atoms with Crippen LogP contribution in [-0.2, 0) is 0 Å². The van der Waals surface area contributed by atoms with E-state index in [2.05, 4.69) is 30.8 Å². The summed E-state index contributed by atoms with van der Waals surface area (Å²) in [5.41, 5.74) is 4.66. The summed E-state index contributed by atoms with van der Waals surface area (Å²) in [4.78, 5) is 3.97. The molecule has 4 rings (SSSR count). The van der Waals surface area contributed by atoms with Crippen molar-refractivity contribution in [3.8, 4) is 0 Å². The Hall–Kier alpha value is -3.35. The number of fused-ring (bicyclic) bond motifs is 3. The summed E-state index contributed by atoms with van der Waals surface area (Å²) < 4.78 is 1.63. The number of rotatable bonds is 3. The van der Waals surface area contributed by atoms with Crippen LogP contribution in [0.2, 0.25) is 0 Å². The molecule has 0 aliphatic rings. The van der Waals surface area contributed by atoms with E-state index in [0.717, 1.165) is 22.0 Å². The van der Waals surface area contributed by atoms with E-state index in [0.29, 0.717) is 5.82 Å². The van der Waals surface area contributed by atoms with Crippen LogP contribution in [0.4, 0.5) is 5.82 Å². The van der Waals surface area contributed by atoms with Gasteiger partial charge in [0, 0.05) is 23.2 Å². The van der Waals surface area contributed by atoms with E-state index in [1.807, 2.05) is 36.4 Å². The van der Waals surface area contributed by atoms with Gasteiger partial charge in [-0.3, -0.25) is 10.4 Å². The van der Waals surface area contributed by atoms with Crippen LogP contribution in [0.5, 0.6) is 0 Å². The van der Waals surface area contributed by atoms with Crippen molar-refractivity contribution in [1.82, 2.24) is 24.8 Å². The van der Waals surface area contributed by atoms with E-state index >= 15 is 0 Å². The number of anilines is 1. The van der Waals surface area contributed by atoms with Gasteiger partial charge < -0.3 is 0 Å². The van der Waals surface area contributed by atoms with Gasteiger partial charge in [0.25, 0.3) is 0 Å². The Labute approximate surface area is 125 Å². The Morgan fingerprint density at radius 2 is 1.86 bits per heavy atom. The van der Waals surface area contributed by atoms with E-state index in [9.17, 15) is 0 Å². The molecule has 1 N–H and O–H groups in total. The highest BCUT2D eigenvalue weighted by atomic mass is 15.4. The predicted octanol–water partition coefficient (Wildman–Crippen LogP) is 2.12. The molecular formula is C15H11N7. The molecular weight excluding hydrogens is 278 g/mol. The lowest BCUT2D eigenvalue weighted by Crippen LogP contribution is -2.00. The van der Waals surface area contributed by atoms with Gasteiger partial charge in [-0.25, -0.2) is 0 Å². The molecule has 1 aromatic carbocycles. The number of hydrazone groups is 1. The summed E-state index contributed by atoms with van der Waals surface area (Å²) in [6.07, 6.45) is 6.73. The Bertz CT molecular complexity index is 959. The average Bonchev–Trinajstić information content (AvgIpc) is 3.04. The first-order valence-corrected chi connectivity index (χ1v) is 6.70. The minimum Gasteiger partial charge on any atom is -0.265 e. The third kappa shape index (κ3) is 2.14. The molecule has 0 radical (unpaired) electrons. The van der Waals surface area contributed by atoms with Crippen LogP contribution in [0.15, 0.2) is 60.2 Å². The highest BCUT2D eigenvalue weighted by molar-refractivity contribution is 5.99. The van der Waals surface area contributed by atoms with Crippen LogP contribution in [0, 0.1) is 0 Å². The van der Waals surface area contributed by atoms with Crippen LogP contribution in [0.25, 0.3) is 16.4 Å². The normalized spacial score (nSPS) is 11.5. The van der Waals surface area contributed by atoms with Gasteiger partial charge in [0.15, 0.2) is 11.5 Å². The van der Waals surface area contributed by atoms with Crippen molar-refractivity contribution in [3.63, 3.8) is 0 Å². The van der Waals surface area contributed by atoms with Crippen molar-refractivity contribution in [2.45, 2.75) is 0 Å². The SMILES string of the molecule is C(=N/Nc1nn2cnnc2c2ccccc12)/c1ccncc1. The third-order valence-corrected chi connectivity index (χ3v) is 3.25. The zero-order valence-corrected chi connectivity index (χ0v) is 11.5. The van der Waals surface area contributed by atoms with Crippen LogP contribution in [0.1, 0.15) is 5.56 Å². The van der Waals surface area contributed by atoms with Crippen molar-refractivity contribution >= 4 is 28.5 Å². The Balaban J connectivity index is 1.75. The number of benzene rings is 1. The molecule has 0 saturated heterocycles. The second kappa shape index (κ2) is 5.21. The molecule has 0 bridgehead atoms. The fourth-order valence-electron chi connectivity index (χ4n) is 2.23. The lowest BCUT2D eigenvalue weighted by atomic mass is 10.2. The summed E-state index contributed by atoms with van der Waals surface area (Å²) in [5, 5.41) is 18.6. The first-order valence-electron chi connectivity index (χ1n) is 6.70. The highest BCUT2D eigenvalue weighted by Gasteiger charge is 2.08. The average molecular weight is 289 g/mol. The molecule has 0 aliphatic heterocycles. The second-order valence-corrected chi connectivity index (χ2v) is 4.64. The quantitative estimate of drug-likeness (QED) is 0.461. The molecule has 7 heteroatoms. The van der Waals surface area contributed by atoms with Crippen molar-refractivity contribution in [1.29, 1.82) is 0 Å². The van der Waals surface area contributed by atoms with Crippen molar-refractivity contribution in [2.24, 2.45) is 5.10 Å². The van der Waals surface area contributed by atoms with Gasteiger partial charge >= 0.3 is 0 Å². The summed E-state index contributed by atoms with van der Waals surface area (Å²) in [6.45, 7) is 0. The molecule has 106 valence electrons. The third-order valence-electron chi connectivity index (χ3n) is 3.25. The van der Waals surface area contributed by atoms with Gasteiger partial charge in [-0.2, -0.15) is 9.62 Å². The highest BCUT2D eigenvalue weighted by Crippen LogP contribution is 2.23. The number of pyridine rings is 1. The summed E-state index contributed by atoms with van der Waals surface area (Å²) in [5.74, 6) is 0.646. The summed E-state index contributed by atoms with van der Waals surface area (Å²) >= 11 is 0. The number of aromatic nitrogens is 5. The molecule has 3 aromatic heterocycles. The smallest absolute Gasteiger partial charge is 0.185 e. The molecule has 3 heterocycles. The Morgan fingerprint density at radius 3 is 2.73 bits per heavy atom. The minimum atomic E-state index is 0.646. The molecule has 0 atom stereocenters. The van der Waals surface area contributed by atoms with Crippen LogP contribution in [0.3, 0.4) is 0 Å². The van der Waals surface area contributed by atoms with E-state index in [-0.39, 0.29) is 0 Å². The van der Waals surface area contributed by atoms with Gasteiger partial charge in [0.05, 0.1) is 6.21 Å². The Kier molecular flexibility index (Phi) is 2.93. The molecule has 7 nitrogen and oxygen atoms in total. The monoisotopic (exact) mass is 289 g/mol. The number of nitrogens with zero attached hydrogens (tertiary/aromatic N) is 6. The van der Waals surface area contributed by atoms with Crippen LogP contribution in [-0.4, -0.2) is 31.0 Å². The second-order valence-electron chi connectivity index (χ2n) is 4.64. The number of hydrogen-bond acceptors (Lipinski definition) is 6. The molecule has 0 amide bonds. The number of nitrogens with one attached hydrogen (secondary N) is 1. The van der Waals surface area contributed by atoms with E-state index in [1.165, 1.54) is 0 Å². The van der Waals surface area contributed by atoms with Crippen LogP contribution < -0.4 is 5.43 Å². The van der Waals surface area contributed by atoms with Gasteiger partial charge in [0.2, 0.25) is 0 Å². The Morgan fingerprint density at radius 1 is 1.05 bits per heavy atom. The van der Waals surface area contributed by atoms with E-state index in [4.69, 9.17) is 0 Å². The van der Waals surface area contributed by atoms with Crippen LogP contribution >= 0.6 is 0 Å². The largest absolute Gasteiger partial charge is 0.265 e. The molecule has 0 aliphatic carbocycles. The number of hydrogen-bond donors (Lipinski definition) is 1. The molecule has 22 heavy (non-hydrogen) atoms. The lowest BCUT2D eigenvalue weighted by Gasteiger charge is -2.05. The standard InChI is InChI=1S/C15H11N7/c1-2-4-13-12(3-1)14(21-22-10-18-20-15(13)22)19-17-9-11-5-7-16-8-6-11/h1-10H,(H,19,21)/b17-9-. The first-order chi connectivity index (χ1) is 10.9. The fourth-order valence-corrected chi connectivity index (χ4v) is 2.23. The summed E-state index contributed by atoms with van der Waals surface area (Å²) in [6, 6.07) is 11.6. The van der Waals surface area contributed by atoms with E-state index < -0.39 is 0 Å². The zero-order chi connectivity index (χ0) is 14.8. The van der Waals surface area contributed by atoms with Gasteiger partial charge in [-0.1, -0.05) is 24.3 Å². The zero-order valence-electron chi connectivity index (χ0n) is 11.5. The van der Waals surface area contributed by atoms with Gasteiger partial charge in [-0.05, 0) is 17.7 Å². The van der Waals surface area contributed by atoms with Crippen molar-refractivity contribution in [2.75, 3.05) is 5.43 Å². The maximum Gasteiger partial charge on any atom is 0.185 e. The van der Waals surface area contributed by atoms with Crippen molar-refractivity contribution < 1.29 is 0 Å². The molecule has 0 unspecified atom stereocenters. The fraction of sp³-hybridized carbons (Fsp3) is 0. The van der Waals surface area contributed by atoms with Gasteiger partial charge in [-0.15, -0.1) is 15.3 Å². The lowest BCUT2D eigenvalue weighted by molar-refractivity contribution is 0.934. The molecule has 0 saturated carbocycles. The topological polar surface area (TPSA) is 80.4 Å².